The second-order valence-corrected chi connectivity index (χ2v) is 7.61. The van der Waals surface area contributed by atoms with Crippen molar-refractivity contribution >= 4 is 10.9 Å². The number of hydrogen-bond acceptors (Lipinski definition) is 4. The number of rotatable bonds is 11. The molecule has 31 heavy (non-hydrogen) atoms. The van der Waals surface area contributed by atoms with Crippen LogP contribution in [-0.4, -0.2) is 24.8 Å². The maximum atomic E-state index is 14.9. The fourth-order valence-corrected chi connectivity index (χ4v) is 3.72. The summed E-state index contributed by atoms with van der Waals surface area (Å²) in [4.78, 5) is 13.3. The van der Waals surface area contributed by atoms with Gasteiger partial charge in [0, 0.05) is 18.3 Å². The SMILES string of the molecule is CCCOc1ccc(F)c2c(=O)c(-c3ccc(OC)cc3)cn(CCCCCCN)c12. The number of nitrogens with zero attached hydrogens (tertiary/aromatic N) is 1. The summed E-state index contributed by atoms with van der Waals surface area (Å²) in [6.07, 6.45) is 6.61. The molecule has 0 radical (unpaired) electrons. The van der Waals surface area contributed by atoms with Crippen LogP contribution in [-0.2, 0) is 6.54 Å². The predicted molar refractivity (Wildman–Crippen MR) is 123 cm³/mol. The lowest BCUT2D eigenvalue weighted by Gasteiger charge is -2.17. The van der Waals surface area contributed by atoms with Gasteiger partial charge in [0.2, 0.25) is 0 Å². The maximum absolute atomic E-state index is 14.9. The average Bonchev–Trinajstić information content (AvgIpc) is 2.79. The van der Waals surface area contributed by atoms with Crippen molar-refractivity contribution in [1.29, 1.82) is 0 Å². The molecule has 3 rings (SSSR count). The van der Waals surface area contributed by atoms with Gasteiger partial charge in [-0.1, -0.05) is 31.9 Å². The highest BCUT2D eigenvalue weighted by molar-refractivity contribution is 5.89. The van der Waals surface area contributed by atoms with Gasteiger partial charge >= 0.3 is 0 Å². The molecule has 5 nitrogen and oxygen atoms in total. The van der Waals surface area contributed by atoms with E-state index in [2.05, 4.69) is 0 Å². The van der Waals surface area contributed by atoms with Crippen molar-refractivity contribution in [2.24, 2.45) is 5.73 Å². The van der Waals surface area contributed by atoms with E-state index >= 15 is 0 Å². The number of nitrogens with two attached hydrogens (primary N) is 1. The molecule has 0 saturated carbocycles. The molecule has 166 valence electrons. The van der Waals surface area contributed by atoms with Crippen LogP contribution in [0.25, 0.3) is 22.0 Å². The molecule has 0 saturated heterocycles. The summed E-state index contributed by atoms with van der Waals surface area (Å²) in [5.41, 5.74) is 6.97. The normalized spacial score (nSPS) is 11.1. The molecule has 2 N–H and O–H groups in total. The molecule has 0 unspecified atom stereocenters. The third kappa shape index (κ3) is 5.25. The number of halogens is 1. The Morgan fingerprint density at radius 1 is 1.03 bits per heavy atom. The van der Waals surface area contributed by atoms with Crippen molar-refractivity contribution in [3.8, 4) is 22.6 Å². The van der Waals surface area contributed by atoms with E-state index in [-0.39, 0.29) is 10.8 Å². The Kier molecular flexibility index (Phi) is 8.06. The molecule has 6 heteroatoms. The quantitative estimate of drug-likeness (QED) is 0.432. The molecule has 0 fully saturated rings. The van der Waals surface area contributed by atoms with E-state index in [1.165, 1.54) is 6.07 Å². The lowest BCUT2D eigenvalue weighted by Crippen LogP contribution is -2.15. The van der Waals surface area contributed by atoms with E-state index < -0.39 is 5.82 Å². The van der Waals surface area contributed by atoms with Crippen LogP contribution in [0.4, 0.5) is 4.39 Å². The molecule has 0 aliphatic carbocycles. The molecule has 2 aromatic carbocycles. The number of methoxy groups -OCH3 is 1. The minimum Gasteiger partial charge on any atom is -0.497 e. The average molecular weight is 427 g/mol. The predicted octanol–water partition coefficient (Wildman–Crippen LogP) is 5.12. The first-order valence-corrected chi connectivity index (χ1v) is 10.9. The van der Waals surface area contributed by atoms with E-state index in [1.807, 2.05) is 29.8 Å². The smallest absolute Gasteiger partial charge is 0.200 e. The molecular formula is C25H31FN2O3. The van der Waals surface area contributed by atoms with Gasteiger partial charge in [-0.3, -0.25) is 4.79 Å². The van der Waals surface area contributed by atoms with E-state index in [0.717, 1.165) is 37.7 Å². The van der Waals surface area contributed by atoms with Crippen molar-refractivity contribution < 1.29 is 13.9 Å². The zero-order chi connectivity index (χ0) is 22.2. The second-order valence-electron chi connectivity index (χ2n) is 7.61. The fourth-order valence-electron chi connectivity index (χ4n) is 3.72. The van der Waals surface area contributed by atoms with Crippen LogP contribution in [0.2, 0.25) is 0 Å². The summed E-state index contributed by atoms with van der Waals surface area (Å²) in [5, 5.41) is 0.0730. The molecule has 0 aliphatic heterocycles. The molecule has 0 amide bonds. The molecule has 0 atom stereocenters. The van der Waals surface area contributed by atoms with Gasteiger partial charge < -0.3 is 19.8 Å². The first-order chi connectivity index (χ1) is 15.1. The van der Waals surface area contributed by atoms with E-state index in [0.29, 0.717) is 42.3 Å². The Labute approximate surface area is 182 Å². The third-order valence-corrected chi connectivity index (χ3v) is 5.35. The first kappa shape index (κ1) is 22.8. The van der Waals surface area contributed by atoms with Gasteiger partial charge in [0.1, 0.15) is 17.3 Å². The molecule has 0 bridgehead atoms. The van der Waals surface area contributed by atoms with Crippen LogP contribution in [0.1, 0.15) is 39.0 Å². The summed E-state index contributed by atoms with van der Waals surface area (Å²) in [6, 6.07) is 10.2. The van der Waals surface area contributed by atoms with E-state index in [4.69, 9.17) is 15.2 Å². The Hall–Kier alpha value is -2.86. The number of aryl methyl sites for hydroxylation is 1. The molecule has 1 aromatic heterocycles. The number of hydrogen-bond donors (Lipinski definition) is 1. The molecule has 1 heterocycles. The van der Waals surface area contributed by atoms with Gasteiger partial charge in [0.05, 0.1) is 24.6 Å². The Morgan fingerprint density at radius 2 is 1.77 bits per heavy atom. The Bertz CT molecular complexity index is 1060. The van der Waals surface area contributed by atoms with Gasteiger partial charge in [-0.05, 0) is 55.6 Å². The number of ether oxygens (including phenoxy) is 2. The number of pyridine rings is 1. The Morgan fingerprint density at radius 3 is 2.45 bits per heavy atom. The van der Waals surface area contributed by atoms with Crippen molar-refractivity contribution in [3.05, 3.63) is 58.6 Å². The van der Waals surface area contributed by atoms with Crippen molar-refractivity contribution in [2.45, 2.75) is 45.6 Å². The number of aromatic nitrogens is 1. The Balaban J connectivity index is 2.13. The molecular weight excluding hydrogens is 395 g/mol. The number of unbranched alkanes of at least 4 members (excludes halogenated alkanes) is 3. The molecule has 0 spiro atoms. The van der Waals surface area contributed by atoms with Crippen LogP contribution < -0.4 is 20.6 Å². The monoisotopic (exact) mass is 426 g/mol. The highest BCUT2D eigenvalue weighted by atomic mass is 19.1. The van der Waals surface area contributed by atoms with Gasteiger partial charge in [-0.15, -0.1) is 0 Å². The van der Waals surface area contributed by atoms with Crippen molar-refractivity contribution in [1.82, 2.24) is 4.57 Å². The third-order valence-electron chi connectivity index (χ3n) is 5.35. The summed E-state index contributed by atoms with van der Waals surface area (Å²) in [6.45, 7) is 3.86. The highest BCUT2D eigenvalue weighted by Crippen LogP contribution is 2.30. The molecule has 0 aliphatic rings. The van der Waals surface area contributed by atoms with E-state index in [9.17, 15) is 9.18 Å². The summed E-state index contributed by atoms with van der Waals surface area (Å²) in [5.74, 6) is 0.709. The van der Waals surface area contributed by atoms with E-state index in [1.54, 1.807) is 25.3 Å². The van der Waals surface area contributed by atoms with Gasteiger partial charge in [0.25, 0.3) is 0 Å². The summed E-state index contributed by atoms with van der Waals surface area (Å²) < 4.78 is 28.0. The van der Waals surface area contributed by atoms with Crippen LogP contribution in [0.5, 0.6) is 11.5 Å². The number of benzene rings is 2. The van der Waals surface area contributed by atoms with Gasteiger partial charge in [-0.25, -0.2) is 4.39 Å². The lowest BCUT2D eigenvalue weighted by molar-refractivity contribution is 0.319. The largest absolute Gasteiger partial charge is 0.497 e. The van der Waals surface area contributed by atoms with Crippen LogP contribution in [0, 0.1) is 5.82 Å². The zero-order valence-corrected chi connectivity index (χ0v) is 18.3. The standard InChI is InChI=1S/C25H31FN2O3/c1-3-16-31-22-13-12-21(26)23-24(22)28(15-7-5-4-6-14-27)17-20(25(23)29)18-8-10-19(30-2)11-9-18/h8-13,17H,3-7,14-16,27H2,1-2H3. The maximum Gasteiger partial charge on any atom is 0.200 e. The van der Waals surface area contributed by atoms with Crippen molar-refractivity contribution in [2.75, 3.05) is 20.3 Å². The van der Waals surface area contributed by atoms with Crippen LogP contribution in [0.15, 0.2) is 47.4 Å². The van der Waals surface area contributed by atoms with Crippen molar-refractivity contribution in [3.63, 3.8) is 0 Å². The second kappa shape index (κ2) is 11.0. The summed E-state index contributed by atoms with van der Waals surface area (Å²) in [7, 11) is 1.59. The number of fused-ring (bicyclic) bond motifs is 1. The zero-order valence-electron chi connectivity index (χ0n) is 18.3. The fraction of sp³-hybridized carbons (Fsp3) is 0.400. The van der Waals surface area contributed by atoms with Crippen LogP contribution in [0.3, 0.4) is 0 Å². The minimum absolute atomic E-state index is 0.0730. The topological polar surface area (TPSA) is 66.5 Å². The summed E-state index contributed by atoms with van der Waals surface area (Å²) >= 11 is 0. The minimum atomic E-state index is -0.531. The van der Waals surface area contributed by atoms with Gasteiger partial charge in [-0.2, -0.15) is 0 Å². The highest BCUT2D eigenvalue weighted by Gasteiger charge is 2.18. The van der Waals surface area contributed by atoms with Crippen LogP contribution >= 0.6 is 0 Å². The first-order valence-electron chi connectivity index (χ1n) is 10.9. The lowest BCUT2D eigenvalue weighted by atomic mass is 10.0. The molecule has 3 aromatic rings. The van der Waals surface area contributed by atoms with Gasteiger partial charge in [0.15, 0.2) is 5.43 Å².